The maximum atomic E-state index is 12.3. The van der Waals surface area contributed by atoms with Crippen LogP contribution in [0.15, 0.2) is 53.1 Å². The lowest BCUT2D eigenvalue weighted by Crippen LogP contribution is -2.15. The van der Waals surface area contributed by atoms with E-state index in [4.69, 9.17) is 11.6 Å². The van der Waals surface area contributed by atoms with E-state index in [0.717, 1.165) is 17.0 Å². The Hall–Kier alpha value is -2.68. The molecule has 31 heavy (non-hydrogen) atoms. The van der Waals surface area contributed by atoms with Gasteiger partial charge in [-0.3, -0.25) is 4.79 Å². The zero-order valence-electron chi connectivity index (χ0n) is 17.2. The summed E-state index contributed by atoms with van der Waals surface area (Å²) in [5, 5.41) is 14.5. The summed E-state index contributed by atoms with van der Waals surface area (Å²) >= 11 is 9.02. The van der Waals surface area contributed by atoms with Crippen LogP contribution in [-0.4, -0.2) is 31.4 Å². The second kappa shape index (κ2) is 9.21. The molecule has 4 rings (SSSR count). The third kappa shape index (κ3) is 4.66. The highest BCUT2D eigenvalue weighted by Gasteiger charge is 2.19. The molecular weight excluding hydrogens is 450 g/mol. The van der Waals surface area contributed by atoms with Gasteiger partial charge < -0.3 is 9.88 Å². The topological polar surface area (TPSA) is 72.7 Å². The molecule has 0 aliphatic carbocycles. The molecule has 1 amide bonds. The summed E-state index contributed by atoms with van der Waals surface area (Å²) in [4.78, 5) is 17.5. The smallest absolute Gasteiger partial charge is 0.234 e. The minimum atomic E-state index is -0.184. The van der Waals surface area contributed by atoms with Gasteiger partial charge in [-0.25, -0.2) is 4.98 Å². The van der Waals surface area contributed by atoms with Gasteiger partial charge in [0.15, 0.2) is 16.1 Å². The van der Waals surface area contributed by atoms with E-state index >= 15 is 0 Å². The van der Waals surface area contributed by atoms with Gasteiger partial charge in [0.05, 0.1) is 11.4 Å². The van der Waals surface area contributed by atoms with Crippen LogP contribution in [0, 0.1) is 13.8 Å². The molecule has 0 radical (unpaired) electrons. The van der Waals surface area contributed by atoms with E-state index in [2.05, 4.69) is 64.0 Å². The lowest BCUT2D eigenvalue weighted by atomic mass is 10.0. The third-order valence-corrected chi connectivity index (χ3v) is 6.99. The summed E-state index contributed by atoms with van der Waals surface area (Å²) in [5.74, 6) is 0.777. The highest BCUT2D eigenvalue weighted by Crippen LogP contribution is 2.39. The number of benzene rings is 1. The van der Waals surface area contributed by atoms with E-state index in [-0.39, 0.29) is 16.8 Å². The van der Waals surface area contributed by atoms with Gasteiger partial charge in [-0.15, -0.1) is 21.5 Å². The number of aromatic nitrogens is 4. The normalized spacial score (nSPS) is 11.0. The van der Waals surface area contributed by atoms with Crippen molar-refractivity contribution in [3.8, 4) is 22.5 Å². The Bertz CT molecular complexity index is 1230. The standard InChI is InChI=1S/C22H20ClN5OS2/c1-13-6-8-15(9-7-13)19-14(2)30-11-16(19)21-26-27-22(28(21)3)31-12-18(29)25-17-5-4-10-24-20(17)23/h4-11H,12H2,1-3H3,(H,25,29). The molecule has 1 aromatic carbocycles. The molecule has 0 bridgehead atoms. The van der Waals surface area contributed by atoms with Crippen LogP contribution in [0.1, 0.15) is 10.4 Å². The number of nitrogens with zero attached hydrogens (tertiary/aromatic N) is 4. The first kappa shape index (κ1) is 21.5. The molecule has 0 saturated carbocycles. The van der Waals surface area contributed by atoms with Crippen molar-refractivity contribution in [1.82, 2.24) is 19.7 Å². The summed E-state index contributed by atoms with van der Waals surface area (Å²) < 4.78 is 1.92. The lowest BCUT2D eigenvalue weighted by Gasteiger charge is -2.08. The molecule has 4 aromatic rings. The summed E-state index contributed by atoms with van der Waals surface area (Å²) in [7, 11) is 1.92. The maximum Gasteiger partial charge on any atom is 0.234 e. The van der Waals surface area contributed by atoms with Crippen molar-refractivity contribution >= 4 is 46.3 Å². The van der Waals surface area contributed by atoms with Crippen molar-refractivity contribution < 1.29 is 4.79 Å². The zero-order chi connectivity index (χ0) is 22.0. The Morgan fingerprint density at radius 2 is 1.97 bits per heavy atom. The Labute approximate surface area is 193 Å². The van der Waals surface area contributed by atoms with Gasteiger partial charge in [-0.1, -0.05) is 53.2 Å². The number of rotatable bonds is 6. The van der Waals surface area contributed by atoms with Gasteiger partial charge in [-0.2, -0.15) is 0 Å². The van der Waals surface area contributed by atoms with Gasteiger partial charge in [0.25, 0.3) is 0 Å². The molecule has 0 fully saturated rings. The predicted octanol–water partition coefficient (Wildman–Crippen LogP) is 5.61. The number of carbonyl (C=O) groups excluding carboxylic acids is 1. The van der Waals surface area contributed by atoms with E-state index in [9.17, 15) is 4.79 Å². The number of hydrogen-bond donors (Lipinski definition) is 1. The Balaban J connectivity index is 1.52. The van der Waals surface area contributed by atoms with Gasteiger partial charge in [0.2, 0.25) is 5.91 Å². The van der Waals surface area contributed by atoms with Gasteiger partial charge >= 0.3 is 0 Å². The second-order valence-corrected chi connectivity index (χ2v) is 9.37. The first-order valence-electron chi connectivity index (χ1n) is 9.52. The largest absolute Gasteiger partial charge is 0.323 e. The number of pyridine rings is 1. The minimum absolute atomic E-state index is 0.184. The molecule has 0 unspecified atom stereocenters. The summed E-state index contributed by atoms with van der Waals surface area (Å²) in [5.41, 5.74) is 5.08. The highest BCUT2D eigenvalue weighted by molar-refractivity contribution is 7.99. The number of carbonyl (C=O) groups is 1. The summed E-state index contributed by atoms with van der Waals surface area (Å²) in [6.07, 6.45) is 1.57. The second-order valence-electron chi connectivity index (χ2n) is 6.99. The van der Waals surface area contributed by atoms with Crippen LogP contribution in [0.2, 0.25) is 5.15 Å². The summed E-state index contributed by atoms with van der Waals surface area (Å²) in [6, 6.07) is 11.9. The monoisotopic (exact) mass is 469 g/mol. The average Bonchev–Trinajstić information content (AvgIpc) is 3.31. The number of anilines is 1. The lowest BCUT2D eigenvalue weighted by molar-refractivity contribution is -0.113. The van der Waals surface area contributed by atoms with Crippen LogP contribution in [0.25, 0.3) is 22.5 Å². The van der Waals surface area contributed by atoms with E-state index in [0.29, 0.717) is 10.8 Å². The SMILES string of the molecule is Cc1ccc(-c2c(-c3nnc(SCC(=O)Nc4cccnc4Cl)n3C)csc2C)cc1. The van der Waals surface area contributed by atoms with E-state index in [1.54, 1.807) is 29.7 Å². The van der Waals surface area contributed by atoms with Crippen LogP contribution in [0.3, 0.4) is 0 Å². The minimum Gasteiger partial charge on any atom is -0.323 e. The molecule has 0 saturated heterocycles. The van der Waals surface area contributed by atoms with Gasteiger partial charge in [-0.05, 0) is 31.5 Å². The van der Waals surface area contributed by atoms with Crippen LogP contribution >= 0.6 is 34.7 Å². The fourth-order valence-corrected chi connectivity index (χ4v) is 4.91. The van der Waals surface area contributed by atoms with E-state index in [1.165, 1.54) is 27.8 Å². The summed E-state index contributed by atoms with van der Waals surface area (Å²) in [6.45, 7) is 4.19. The van der Waals surface area contributed by atoms with Crippen molar-refractivity contribution in [1.29, 1.82) is 0 Å². The predicted molar refractivity (Wildman–Crippen MR) is 128 cm³/mol. The van der Waals surface area contributed by atoms with Crippen LogP contribution in [-0.2, 0) is 11.8 Å². The van der Waals surface area contributed by atoms with Gasteiger partial charge in [0.1, 0.15) is 0 Å². The number of halogens is 1. The number of nitrogens with one attached hydrogen (secondary N) is 1. The first-order chi connectivity index (χ1) is 14.9. The van der Waals surface area contributed by atoms with Crippen molar-refractivity contribution in [3.63, 3.8) is 0 Å². The van der Waals surface area contributed by atoms with Crippen molar-refractivity contribution in [2.45, 2.75) is 19.0 Å². The molecular formula is C22H20ClN5OS2. The number of thiophene rings is 1. The number of thioether (sulfide) groups is 1. The average molecular weight is 470 g/mol. The molecule has 0 spiro atoms. The molecule has 6 nitrogen and oxygen atoms in total. The van der Waals surface area contributed by atoms with Crippen molar-refractivity contribution in [2.24, 2.45) is 7.05 Å². The molecule has 9 heteroatoms. The maximum absolute atomic E-state index is 12.3. The Kier molecular flexibility index (Phi) is 6.41. The molecule has 3 aromatic heterocycles. The molecule has 0 aliphatic heterocycles. The molecule has 1 N–H and O–H groups in total. The fraction of sp³-hybridized carbons (Fsp3) is 0.182. The molecule has 0 atom stereocenters. The first-order valence-corrected chi connectivity index (χ1v) is 11.8. The van der Waals surface area contributed by atoms with Crippen LogP contribution < -0.4 is 5.32 Å². The molecule has 158 valence electrons. The Morgan fingerprint density at radius 1 is 1.19 bits per heavy atom. The Morgan fingerprint density at radius 3 is 2.71 bits per heavy atom. The van der Waals surface area contributed by atoms with E-state index < -0.39 is 0 Å². The zero-order valence-corrected chi connectivity index (χ0v) is 19.6. The van der Waals surface area contributed by atoms with Crippen molar-refractivity contribution in [2.75, 3.05) is 11.1 Å². The number of hydrogen-bond acceptors (Lipinski definition) is 6. The molecule has 3 heterocycles. The molecule has 0 aliphatic rings. The quantitative estimate of drug-likeness (QED) is 0.293. The van der Waals surface area contributed by atoms with E-state index in [1.807, 2.05) is 11.6 Å². The third-order valence-electron chi connectivity index (χ3n) is 4.76. The number of aryl methyl sites for hydroxylation is 2. The van der Waals surface area contributed by atoms with Crippen LogP contribution in [0.4, 0.5) is 5.69 Å². The highest BCUT2D eigenvalue weighted by atomic mass is 35.5. The van der Waals surface area contributed by atoms with Crippen molar-refractivity contribution in [3.05, 3.63) is 63.6 Å². The van der Waals surface area contributed by atoms with Crippen LogP contribution in [0.5, 0.6) is 0 Å². The number of amides is 1. The fourth-order valence-electron chi connectivity index (χ4n) is 3.17. The van der Waals surface area contributed by atoms with Gasteiger partial charge in [0, 0.05) is 34.6 Å².